The first-order chi connectivity index (χ1) is 20.0. The van der Waals surface area contributed by atoms with Gasteiger partial charge in [-0.25, -0.2) is 4.79 Å². The highest BCUT2D eigenvalue weighted by atomic mass is 16.6. The van der Waals surface area contributed by atoms with Gasteiger partial charge in [0.25, 0.3) is 0 Å². The third-order valence-corrected chi connectivity index (χ3v) is 10.3. The number of ketones is 1. The van der Waals surface area contributed by atoms with Crippen molar-refractivity contribution in [1.29, 1.82) is 0 Å². The van der Waals surface area contributed by atoms with Gasteiger partial charge < -0.3 is 39.4 Å². The van der Waals surface area contributed by atoms with E-state index < -0.39 is 88.3 Å². The average Bonchev–Trinajstić information content (AvgIpc) is 2.93. The van der Waals surface area contributed by atoms with Gasteiger partial charge in [0, 0.05) is 19.3 Å². The smallest absolute Gasteiger partial charge is 0.338 e. The van der Waals surface area contributed by atoms with E-state index in [-0.39, 0.29) is 29.7 Å². The maximum absolute atomic E-state index is 14.9. The normalized spacial score (nSPS) is 41.4. The number of Topliss-reactive ketones (excluding diaryl/α,β-unsaturated/α-hetero) is 1. The number of benzene rings is 1. The molecule has 3 aliphatic carbocycles. The Bertz CT molecular complexity index is 1390. The molecule has 4 aliphatic rings. The molecule has 12 heteroatoms. The van der Waals surface area contributed by atoms with Crippen LogP contribution in [0.25, 0.3) is 0 Å². The van der Waals surface area contributed by atoms with E-state index in [4.69, 9.17) is 18.9 Å². The van der Waals surface area contributed by atoms with Gasteiger partial charge in [0.15, 0.2) is 23.6 Å². The Hall–Kier alpha value is -3.16. The summed E-state index contributed by atoms with van der Waals surface area (Å²) < 4.78 is 23.4. The molecule has 1 aromatic carbocycles. The predicted octanol–water partition coefficient (Wildman–Crippen LogP) is 0.356. The van der Waals surface area contributed by atoms with Gasteiger partial charge in [-0.3, -0.25) is 14.4 Å². The lowest BCUT2D eigenvalue weighted by molar-refractivity contribution is -0.352. The molecule has 0 radical (unpaired) electrons. The van der Waals surface area contributed by atoms with Gasteiger partial charge >= 0.3 is 17.9 Å². The fourth-order valence-electron chi connectivity index (χ4n) is 8.06. The molecule has 234 valence electrons. The van der Waals surface area contributed by atoms with Crippen LogP contribution in [0.2, 0.25) is 0 Å². The molecule has 0 amide bonds. The molecule has 5 rings (SSSR count). The Morgan fingerprint density at radius 3 is 2.19 bits per heavy atom. The van der Waals surface area contributed by atoms with Crippen molar-refractivity contribution in [3.05, 3.63) is 47.0 Å². The lowest BCUT2D eigenvalue weighted by atomic mass is 9.44. The van der Waals surface area contributed by atoms with Gasteiger partial charge in [0.05, 0.1) is 24.5 Å². The highest BCUT2D eigenvalue weighted by Gasteiger charge is 2.80. The second-order valence-corrected chi connectivity index (χ2v) is 12.9. The zero-order valence-corrected chi connectivity index (χ0v) is 25.0. The summed E-state index contributed by atoms with van der Waals surface area (Å²) in [4.78, 5) is 53.6. The summed E-state index contributed by atoms with van der Waals surface area (Å²) in [6.07, 6.45) is -9.53. The quantitative estimate of drug-likeness (QED) is 0.186. The van der Waals surface area contributed by atoms with E-state index in [1.54, 1.807) is 18.2 Å². The van der Waals surface area contributed by atoms with E-state index in [0.717, 1.165) is 13.8 Å². The van der Waals surface area contributed by atoms with Crippen molar-refractivity contribution in [2.45, 2.75) is 95.8 Å². The molecule has 1 aliphatic heterocycles. The molecule has 1 saturated heterocycles. The number of rotatable bonds is 4. The predicted molar refractivity (Wildman–Crippen MR) is 148 cm³/mol. The molecule has 0 aromatic heterocycles. The first kappa shape index (κ1) is 31.3. The van der Waals surface area contributed by atoms with Crippen LogP contribution >= 0.6 is 0 Å². The van der Waals surface area contributed by atoms with Crippen LogP contribution in [-0.2, 0) is 33.3 Å². The molecule has 3 fully saturated rings. The zero-order valence-electron chi connectivity index (χ0n) is 25.0. The van der Waals surface area contributed by atoms with Crippen molar-refractivity contribution in [2.24, 2.45) is 16.7 Å². The second kappa shape index (κ2) is 10.2. The monoisotopic (exact) mass is 603 g/mol. The van der Waals surface area contributed by atoms with Gasteiger partial charge in [-0.1, -0.05) is 32.0 Å². The first-order valence-corrected chi connectivity index (χ1v) is 14.3. The molecular formula is C31H39O12+. The highest BCUT2D eigenvalue weighted by molar-refractivity contribution is 5.95. The van der Waals surface area contributed by atoms with Crippen molar-refractivity contribution in [3.8, 4) is 0 Å². The Morgan fingerprint density at radius 2 is 1.65 bits per heavy atom. The lowest BCUT2D eigenvalue weighted by Gasteiger charge is -2.67. The van der Waals surface area contributed by atoms with E-state index in [0.29, 0.717) is 0 Å². The molecule has 43 heavy (non-hydrogen) atoms. The van der Waals surface area contributed by atoms with E-state index in [1.165, 1.54) is 39.8 Å². The van der Waals surface area contributed by atoms with Gasteiger partial charge in [-0.2, -0.15) is 0 Å². The number of carbonyl (C=O) groups is 4. The molecule has 12 nitrogen and oxygen atoms in total. The van der Waals surface area contributed by atoms with Crippen molar-refractivity contribution in [3.63, 3.8) is 0 Å². The van der Waals surface area contributed by atoms with Crippen molar-refractivity contribution in [1.82, 2.24) is 0 Å². The molecular weight excluding hydrogens is 564 g/mol. The fourth-order valence-corrected chi connectivity index (χ4v) is 8.06. The van der Waals surface area contributed by atoms with Crippen LogP contribution in [0.15, 0.2) is 41.5 Å². The van der Waals surface area contributed by atoms with Crippen LogP contribution < -0.4 is 0 Å². The Kier molecular flexibility index (Phi) is 7.42. The Balaban J connectivity index is 1.87. The van der Waals surface area contributed by atoms with Crippen molar-refractivity contribution in [2.75, 3.05) is 6.61 Å². The minimum Gasteiger partial charge on any atom is -0.455 e. The third-order valence-electron chi connectivity index (χ3n) is 10.3. The molecule has 1 heterocycles. The van der Waals surface area contributed by atoms with Crippen molar-refractivity contribution >= 4 is 23.7 Å². The first-order valence-electron chi connectivity index (χ1n) is 14.3. The summed E-state index contributed by atoms with van der Waals surface area (Å²) in [5.41, 5.74) is -7.63. The molecule has 0 unspecified atom stereocenters. The Morgan fingerprint density at radius 1 is 1.02 bits per heavy atom. The van der Waals surface area contributed by atoms with Crippen LogP contribution in [0.1, 0.15) is 58.3 Å². The molecule has 10 atom stereocenters. The molecule has 2 saturated carbocycles. The fraction of sp³-hybridized carbons (Fsp3) is 0.613. The van der Waals surface area contributed by atoms with Crippen LogP contribution in [0.4, 0.5) is 0 Å². The highest BCUT2D eigenvalue weighted by Crippen LogP contribution is 2.64. The van der Waals surface area contributed by atoms with E-state index in [1.807, 2.05) is 0 Å². The minimum absolute atomic E-state index is 0.0224. The minimum atomic E-state index is -2.57. The SMILES string of the molecule is CC(=O)O[C@H]1C(=O)[C@@]2(C)[C@H]([C@H](OC(=O)c3ccccc3)[C@]3(O)[C@@H](O)[C@H](O)C(C)=C1C3(C)C)[C@]1(OC(C)=O)CO[C@@H]1C[C@@H]2[OH2+]. The summed E-state index contributed by atoms with van der Waals surface area (Å²) in [6, 6.07) is 7.85. The maximum Gasteiger partial charge on any atom is 0.338 e. The summed E-state index contributed by atoms with van der Waals surface area (Å²) >= 11 is 0. The number of esters is 3. The Labute approximate surface area is 248 Å². The van der Waals surface area contributed by atoms with Crippen LogP contribution in [0.3, 0.4) is 0 Å². The third kappa shape index (κ3) is 4.14. The molecule has 2 bridgehead atoms. The van der Waals surface area contributed by atoms with E-state index in [9.17, 15) is 39.6 Å². The number of ether oxygens (including phenoxy) is 4. The maximum atomic E-state index is 14.9. The number of aliphatic hydroxyl groups is 3. The van der Waals surface area contributed by atoms with Crippen LogP contribution in [0, 0.1) is 16.7 Å². The van der Waals surface area contributed by atoms with Crippen LogP contribution in [-0.4, -0.2) is 98.6 Å². The standard InChI is InChI=1S/C31H38O12/c1-14-20-22(41-15(2)32)25(37)29(6)18(34)12-19-30(13-40-19,43-16(3)33)23(29)26(42-27(38)17-10-8-7-9-11-17)31(39,28(20,4)5)24(36)21(14)35/h7-11,18-19,21-24,26,34-36,39H,12-13H2,1-6H3/p+1/t18-,19+,21+,22+,23-,24-,26-,29+,30-,31+/m0/s1. The van der Waals surface area contributed by atoms with Crippen LogP contribution in [0.5, 0.6) is 0 Å². The summed E-state index contributed by atoms with van der Waals surface area (Å²) in [6.45, 7) is 7.88. The van der Waals surface area contributed by atoms with Gasteiger partial charge in [-0.15, -0.1) is 0 Å². The largest absolute Gasteiger partial charge is 0.455 e. The zero-order chi connectivity index (χ0) is 31.9. The number of carbonyl (C=O) groups excluding carboxylic acids is 4. The lowest BCUT2D eigenvalue weighted by Crippen LogP contribution is -2.83. The summed E-state index contributed by atoms with van der Waals surface area (Å²) in [7, 11) is 0. The van der Waals surface area contributed by atoms with E-state index in [2.05, 4.69) is 0 Å². The van der Waals surface area contributed by atoms with Crippen molar-refractivity contribution < 1.29 is 58.6 Å². The average molecular weight is 604 g/mol. The molecule has 1 aromatic rings. The van der Waals surface area contributed by atoms with Gasteiger partial charge in [0.1, 0.15) is 35.4 Å². The topological polar surface area (TPSA) is 189 Å². The number of fused-ring (bicyclic) bond motifs is 5. The van der Waals surface area contributed by atoms with Gasteiger partial charge in [0.2, 0.25) is 0 Å². The second-order valence-electron chi connectivity index (χ2n) is 12.9. The number of aliphatic hydroxyl groups excluding tert-OH is 2. The number of hydrogen-bond acceptors (Lipinski definition) is 11. The van der Waals surface area contributed by atoms with Gasteiger partial charge in [-0.05, 0) is 37.1 Å². The molecule has 5 N–H and O–H groups in total. The number of hydrogen-bond donors (Lipinski definition) is 3. The summed E-state index contributed by atoms with van der Waals surface area (Å²) in [5, 5.41) is 45.1. The van der Waals surface area contributed by atoms with E-state index >= 15 is 0 Å². The molecule has 0 spiro atoms. The summed E-state index contributed by atoms with van der Waals surface area (Å²) in [5.74, 6) is -4.73.